The molecule has 0 radical (unpaired) electrons. The van der Waals surface area contributed by atoms with Crippen molar-refractivity contribution >= 4 is 23.2 Å². The second-order valence-corrected chi connectivity index (χ2v) is 7.48. The third-order valence-electron chi connectivity index (χ3n) is 4.77. The molecule has 2 heterocycles. The van der Waals surface area contributed by atoms with Gasteiger partial charge in [0, 0.05) is 11.1 Å². The SMILES string of the molecule is C[C@@H]1CCc2c(Oc3c(Cl)cc(-n4nc(C#N)c(=O)[nH]c4=O)cc3Cl)n[nH]c(=O)c21. The molecule has 2 aromatic heterocycles. The van der Waals surface area contributed by atoms with Crippen LogP contribution < -0.4 is 21.5 Å². The summed E-state index contributed by atoms with van der Waals surface area (Å²) in [5.74, 6) is 0.341. The Kier molecular flexibility index (Phi) is 4.93. The zero-order valence-electron chi connectivity index (χ0n) is 15.3. The van der Waals surface area contributed by atoms with Crippen molar-refractivity contribution in [3.05, 3.63) is 70.2 Å². The van der Waals surface area contributed by atoms with Crippen LogP contribution in [0.3, 0.4) is 0 Å². The van der Waals surface area contributed by atoms with E-state index in [0.29, 0.717) is 17.5 Å². The Morgan fingerprint density at radius 1 is 1.23 bits per heavy atom. The average Bonchev–Trinajstić information content (AvgIpc) is 3.09. The van der Waals surface area contributed by atoms with Gasteiger partial charge in [-0.05, 0) is 30.9 Å². The molecule has 0 saturated carbocycles. The Hall–Kier alpha value is -3.42. The minimum Gasteiger partial charge on any atom is -0.434 e. The van der Waals surface area contributed by atoms with Crippen molar-refractivity contribution < 1.29 is 4.74 Å². The van der Waals surface area contributed by atoms with E-state index in [1.807, 2.05) is 11.9 Å². The monoisotopic (exact) mass is 446 g/mol. The van der Waals surface area contributed by atoms with Crippen molar-refractivity contribution in [2.75, 3.05) is 0 Å². The van der Waals surface area contributed by atoms with Gasteiger partial charge in [0.1, 0.15) is 6.07 Å². The molecular weight excluding hydrogens is 435 g/mol. The van der Waals surface area contributed by atoms with Crippen LogP contribution in [0.2, 0.25) is 10.0 Å². The van der Waals surface area contributed by atoms with Crippen molar-refractivity contribution in [1.82, 2.24) is 25.0 Å². The zero-order chi connectivity index (χ0) is 21.6. The lowest BCUT2D eigenvalue weighted by Gasteiger charge is -2.13. The van der Waals surface area contributed by atoms with Crippen molar-refractivity contribution in [3.63, 3.8) is 0 Å². The molecule has 0 bridgehead atoms. The fourth-order valence-corrected chi connectivity index (χ4v) is 3.90. The van der Waals surface area contributed by atoms with E-state index in [2.05, 4.69) is 15.3 Å². The number of nitriles is 1. The molecule has 0 spiro atoms. The summed E-state index contributed by atoms with van der Waals surface area (Å²) in [7, 11) is 0. The lowest BCUT2D eigenvalue weighted by Crippen LogP contribution is -2.33. The highest BCUT2D eigenvalue weighted by molar-refractivity contribution is 6.37. The van der Waals surface area contributed by atoms with E-state index in [4.69, 9.17) is 33.2 Å². The second-order valence-electron chi connectivity index (χ2n) is 6.66. The van der Waals surface area contributed by atoms with Gasteiger partial charge in [-0.2, -0.15) is 9.94 Å². The van der Waals surface area contributed by atoms with E-state index in [9.17, 15) is 14.4 Å². The van der Waals surface area contributed by atoms with Crippen LogP contribution in [0.5, 0.6) is 11.6 Å². The zero-order valence-corrected chi connectivity index (χ0v) is 16.8. The van der Waals surface area contributed by atoms with E-state index in [1.165, 1.54) is 12.1 Å². The number of benzene rings is 1. The minimum absolute atomic E-state index is 0.0312. The average molecular weight is 447 g/mol. The van der Waals surface area contributed by atoms with Crippen LogP contribution in [0.4, 0.5) is 0 Å². The number of nitrogens with zero attached hydrogens (tertiary/aromatic N) is 4. The molecule has 2 N–H and O–H groups in total. The minimum atomic E-state index is -0.900. The fourth-order valence-electron chi connectivity index (χ4n) is 3.35. The summed E-state index contributed by atoms with van der Waals surface area (Å²) in [6, 6.07) is 4.27. The maximum atomic E-state index is 12.1. The number of fused-ring (bicyclic) bond motifs is 1. The quantitative estimate of drug-likeness (QED) is 0.625. The summed E-state index contributed by atoms with van der Waals surface area (Å²) >= 11 is 12.6. The van der Waals surface area contributed by atoms with Gasteiger partial charge in [0.05, 0.1) is 15.7 Å². The van der Waals surface area contributed by atoms with E-state index in [0.717, 1.165) is 11.1 Å². The van der Waals surface area contributed by atoms with Crippen LogP contribution in [0, 0.1) is 11.3 Å². The number of nitrogens with one attached hydrogen (secondary N) is 2. The number of halogens is 2. The van der Waals surface area contributed by atoms with Crippen LogP contribution in [-0.4, -0.2) is 25.0 Å². The highest BCUT2D eigenvalue weighted by atomic mass is 35.5. The molecule has 152 valence electrons. The number of hydrogen-bond donors (Lipinski definition) is 2. The summed E-state index contributed by atoms with van der Waals surface area (Å²) in [5.41, 5.74) is -1.09. The summed E-state index contributed by atoms with van der Waals surface area (Å²) in [6.07, 6.45) is 1.42. The molecule has 0 fully saturated rings. The maximum absolute atomic E-state index is 12.1. The topological polar surface area (TPSA) is 147 Å². The second kappa shape index (κ2) is 7.44. The molecular formula is C18H12Cl2N6O4. The van der Waals surface area contributed by atoms with Crippen molar-refractivity contribution in [3.8, 4) is 23.4 Å². The van der Waals surface area contributed by atoms with E-state index < -0.39 is 16.9 Å². The molecule has 1 aromatic carbocycles. The molecule has 1 aliphatic carbocycles. The number of hydrogen-bond acceptors (Lipinski definition) is 7. The third kappa shape index (κ3) is 3.28. The van der Waals surface area contributed by atoms with Gasteiger partial charge in [-0.25, -0.2) is 9.89 Å². The number of H-pyrrole nitrogens is 2. The van der Waals surface area contributed by atoms with Gasteiger partial charge in [-0.1, -0.05) is 30.1 Å². The van der Waals surface area contributed by atoms with Gasteiger partial charge in [-0.15, -0.1) is 10.2 Å². The van der Waals surface area contributed by atoms with Crippen molar-refractivity contribution in [1.29, 1.82) is 5.26 Å². The Bertz CT molecular complexity index is 1380. The highest BCUT2D eigenvalue weighted by Gasteiger charge is 2.27. The number of aromatic amines is 2. The largest absolute Gasteiger partial charge is 0.434 e. The molecule has 12 heteroatoms. The first-order chi connectivity index (χ1) is 14.3. The highest BCUT2D eigenvalue weighted by Crippen LogP contribution is 2.41. The third-order valence-corrected chi connectivity index (χ3v) is 5.33. The molecule has 0 saturated heterocycles. The summed E-state index contributed by atoms with van der Waals surface area (Å²) in [5, 5.41) is 19.1. The van der Waals surface area contributed by atoms with E-state index >= 15 is 0 Å². The first-order valence-electron chi connectivity index (χ1n) is 8.72. The molecule has 30 heavy (non-hydrogen) atoms. The summed E-state index contributed by atoms with van der Waals surface area (Å²) in [6.45, 7) is 1.95. The van der Waals surface area contributed by atoms with Gasteiger partial charge in [-0.3, -0.25) is 14.6 Å². The predicted molar refractivity (Wildman–Crippen MR) is 107 cm³/mol. The van der Waals surface area contributed by atoms with Crippen LogP contribution >= 0.6 is 23.2 Å². The van der Waals surface area contributed by atoms with Gasteiger partial charge in [0.15, 0.2) is 5.75 Å². The fraction of sp³-hybridized carbons (Fsp3) is 0.222. The van der Waals surface area contributed by atoms with Gasteiger partial charge >= 0.3 is 5.69 Å². The van der Waals surface area contributed by atoms with E-state index in [-0.39, 0.29) is 38.8 Å². The van der Waals surface area contributed by atoms with Crippen LogP contribution in [0.25, 0.3) is 5.69 Å². The molecule has 0 unspecified atom stereocenters. The maximum Gasteiger partial charge on any atom is 0.349 e. The van der Waals surface area contributed by atoms with Gasteiger partial charge in [0.2, 0.25) is 11.6 Å². The first-order valence-corrected chi connectivity index (χ1v) is 9.48. The number of aromatic nitrogens is 5. The van der Waals surface area contributed by atoms with Crippen LogP contribution in [0.15, 0.2) is 26.5 Å². The number of ether oxygens (including phenoxy) is 1. The molecule has 1 aliphatic rings. The molecule has 3 aromatic rings. The van der Waals surface area contributed by atoms with Crippen molar-refractivity contribution in [2.24, 2.45) is 0 Å². The lowest BCUT2D eigenvalue weighted by atomic mass is 10.1. The normalized spacial score (nSPS) is 14.9. The first kappa shape index (κ1) is 19.9. The van der Waals surface area contributed by atoms with E-state index in [1.54, 1.807) is 6.07 Å². The van der Waals surface area contributed by atoms with Crippen LogP contribution in [0.1, 0.15) is 36.1 Å². The van der Waals surface area contributed by atoms with Crippen molar-refractivity contribution in [2.45, 2.75) is 25.7 Å². The van der Waals surface area contributed by atoms with Gasteiger partial charge < -0.3 is 4.74 Å². The molecule has 0 aliphatic heterocycles. The predicted octanol–water partition coefficient (Wildman–Crippen LogP) is 2.02. The standard InChI is InChI=1S/C18H12Cl2N6O4/c1-7-2-3-9-13(7)16(28)23-24-17(9)30-14-10(19)4-8(5-11(14)20)26-18(29)22-15(27)12(6-21)25-26/h4-5,7H,2-3H2,1H3,(H,23,28)(H,22,27,29)/t7-/m1/s1. The number of rotatable bonds is 3. The molecule has 4 rings (SSSR count). The Balaban J connectivity index is 1.78. The van der Waals surface area contributed by atoms with Gasteiger partial charge in [0.25, 0.3) is 11.1 Å². The van der Waals surface area contributed by atoms with Crippen LogP contribution in [-0.2, 0) is 6.42 Å². The molecule has 1 atom stereocenters. The Morgan fingerprint density at radius 2 is 1.93 bits per heavy atom. The lowest BCUT2D eigenvalue weighted by molar-refractivity contribution is 0.448. The molecule has 10 nitrogen and oxygen atoms in total. The molecule has 0 amide bonds. The Morgan fingerprint density at radius 3 is 2.60 bits per heavy atom. The summed E-state index contributed by atoms with van der Waals surface area (Å²) in [4.78, 5) is 37.6. The summed E-state index contributed by atoms with van der Waals surface area (Å²) < 4.78 is 6.60. The Labute approximate surface area is 177 Å². The smallest absolute Gasteiger partial charge is 0.349 e.